The SMILES string of the molecule is CCCCCCCCCCCCCCCCOC(=O)NC1CC1=O.N[C@@H](Cc1cnc[nH]1)C(=O)O. The van der Waals surface area contributed by atoms with Crippen LogP contribution in [0.1, 0.15) is 109 Å². The first-order chi connectivity index (χ1) is 16.9. The fourth-order valence-electron chi connectivity index (χ4n) is 3.64. The van der Waals surface area contributed by atoms with E-state index in [9.17, 15) is 14.4 Å². The summed E-state index contributed by atoms with van der Waals surface area (Å²) in [4.78, 5) is 38.8. The van der Waals surface area contributed by atoms with Gasteiger partial charge in [0, 0.05) is 24.7 Å². The molecule has 0 radical (unpaired) electrons. The zero-order valence-corrected chi connectivity index (χ0v) is 21.4. The van der Waals surface area contributed by atoms with E-state index < -0.39 is 18.1 Å². The predicted molar refractivity (Wildman–Crippen MR) is 136 cm³/mol. The molecule has 1 heterocycles. The molecule has 9 nitrogen and oxygen atoms in total. The number of ether oxygens (including phenoxy) is 1. The zero-order chi connectivity index (χ0) is 25.7. The molecule has 1 aromatic rings. The molecule has 0 spiro atoms. The summed E-state index contributed by atoms with van der Waals surface area (Å²) in [5.74, 6) is -0.900. The van der Waals surface area contributed by atoms with Crippen molar-refractivity contribution >= 4 is 17.8 Å². The summed E-state index contributed by atoms with van der Waals surface area (Å²) < 4.78 is 5.05. The molecule has 0 aromatic carbocycles. The van der Waals surface area contributed by atoms with Crippen molar-refractivity contribution in [2.45, 2.75) is 122 Å². The largest absolute Gasteiger partial charge is 0.480 e. The van der Waals surface area contributed by atoms with Crippen molar-refractivity contribution in [3.05, 3.63) is 18.2 Å². The molecule has 1 amide bonds. The Morgan fingerprint density at radius 1 is 1.06 bits per heavy atom. The number of carboxylic acids is 1. The third kappa shape index (κ3) is 17.6. The van der Waals surface area contributed by atoms with Crippen LogP contribution in [0.25, 0.3) is 0 Å². The average Bonchev–Trinajstić information content (AvgIpc) is 3.28. The Bertz CT molecular complexity index is 696. The number of aromatic amines is 1. The molecule has 1 aliphatic carbocycles. The first kappa shape index (κ1) is 30.6. The van der Waals surface area contributed by atoms with Crippen LogP contribution in [0, 0.1) is 0 Å². The fraction of sp³-hybridized carbons (Fsp3) is 0.769. The second kappa shape index (κ2) is 19.8. The van der Waals surface area contributed by atoms with E-state index in [1.165, 1.54) is 83.4 Å². The lowest BCUT2D eigenvalue weighted by atomic mass is 10.0. The van der Waals surface area contributed by atoms with E-state index in [0.717, 1.165) is 18.5 Å². The van der Waals surface area contributed by atoms with Crippen molar-refractivity contribution < 1.29 is 24.2 Å². The van der Waals surface area contributed by atoms with Gasteiger partial charge in [-0.3, -0.25) is 9.59 Å². The Morgan fingerprint density at radius 3 is 2.00 bits per heavy atom. The quantitative estimate of drug-likeness (QED) is 0.200. The standard InChI is InChI=1S/C20H37NO3.C6H9N3O2/c1-2-3-4-5-6-7-8-9-10-11-12-13-14-15-16-24-20(23)21-18-17-19(18)22;7-5(6(10)11)1-4-2-8-3-9-4/h18H,2-17H2,1H3,(H,21,23);2-3,5H,1,7H2,(H,8,9)(H,10,11)/t;5-/m.0/s1. The fourth-order valence-corrected chi connectivity index (χ4v) is 3.64. The minimum absolute atomic E-state index is 0.100. The first-order valence-corrected chi connectivity index (χ1v) is 13.4. The summed E-state index contributed by atoms with van der Waals surface area (Å²) in [6.45, 7) is 2.73. The number of unbranched alkanes of at least 4 members (excludes halogenated alkanes) is 13. The van der Waals surface area contributed by atoms with Gasteiger partial charge in [0.25, 0.3) is 0 Å². The molecule has 9 heteroatoms. The molecular formula is C26H46N4O5. The lowest BCUT2D eigenvalue weighted by Crippen LogP contribution is -2.32. The average molecular weight is 495 g/mol. The molecule has 1 aliphatic rings. The van der Waals surface area contributed by atoms with Gasteiger partial charge in [0.1, 0.15) is 6.04 Å². The van der Waals surface area contributed by atoms with Gasteiger partial charge in [0.05, 0.1) is 19.0 Å². The molecule has 2 rings (SSSR count). The molecule has 1 saturated carbocycles. The number of amides is 1. The number of H-pyrrole nitrogens is 1. The maximum Gasteiger partial charge on any atom is 0.407 e. The van der Waals surface area contributed by atoms with E-state index in [1.54, 1.807) is 6.20 Å². The van der Waals surface area contributed by atoms with Crippen LogP contribution in [0.3, 0.4) is 0 Å². The summed E-state index contributed by atoms with van der Waals surface area (Å²) >= 11 is 0. The van der Waals surface area contributed by atoms with Crippen LogP contribution in [0.5, 0.6) is 0 Å². The lowest BCUT2D eigenvalue weighted by Gasteiger charge is -2.05. The van der Waals surface area contributed by atoms with E-state index in [1.807, 2.05) is 0 Å². The number of hydrogen-bond donors (Lipinski definition) is 4. The van der Waals surface area contributed by atoms with E-state index >= 15 is 0 Å². The number of ketones is 1. The van der Waals surface area contributed by atoms with Crippen molar-refractivity contribution in [3.63, 3.8) is 0 Å². The maximum atomic E-state index is 11.3. The third-order valence-corrected chi connectivity index (χ3v) is 5.97. The van der Waals surface area contributed by atoms with Crippen molar-refractivity contribution in [2.75, 3.05) is 6.61 Å². The molecule has 2 atom stereocenters. The van der Waals surface area contributed by atoms with Crippen LogP contribution in [-0.4, -0.2) is 51.6 Å². The normalized spacial score (nSPS) is 15.1. The molecule has 1 fully saturated rings. The number of aliphatic carboxylic acids is 1. The van der Waals surface area contributed by atoms with Crippen molar-refractivity contribution in [1.29, 1.82) is 0 Å². The lowest BCUT2D eigenvalue weighted by molar-refractivity contribution is -0.138. The second-order valence-electron chi connectivity index (χ2n) is 9.33. The number of carboxylic acid groups (broad SMARTS) is 1. The van der Waals surface area contributed by atoms with E-state index in [0.29, 0.717) is 13.0 Å². The number of imidazole rings is 1. The monoisotopic (exact) mass is 494 g/mol. The van der Waals surface area contributed by atoms with Crippen LogP contribution in [-0.2, 0) is 20.7 Å². The Labute approximate surface area is 210 Å². The Balaban J connectivity index is 0.000000462. The highest BCUT2D eigenvalue weighted by Crippen LogP contribution is 2.14. The number of nitrogens with one attached hydrogen (secondary N) is 2. The highest BCUT2D eigenvalue weighted by atomic mass is 16.5. The van der Waals surface area contributed by atoms with Gasteiger partial charge < -0.3 is 25.9 Å². The summed E-state index contributed by atoms with van der Waals surface area (Å²) in [6, 6.07) is -1.12. The minimum Gasteiger partial charge on any atom is -0.480 e. The molecule has 0 aliphatic heterocycles. The van der Waals surface area contributed by atoms with Crippen molar-refractivity contribution in [2.24, 2.45) is 5.73 Å². The van der Waals surface area contributed by atoms with Gasteiger partial charge >= 0.3 is 12.1 Å². The highest BCUT2D eigenvalue weighted by Gasteiger charge is 2.36. The number of rotatable bonds is 19. The zero-order valence-electron chi connectivity index (χ0n) is 21.4. The third-order valence-electron chi connectivity index (χ3n) is 5.97. The number of nitrogens with zero attached hydrogens (tertiary/aromatic N) is 1. The smallest absolute Gasteiger partial charge is 0.407 e. The van der Waals surface area contributed by atoms with Crippen LogP contribution < -0.4 is 11.1 Å². The molecule has 1 aromatic heterocycles. The highest BCUT2D eigenvalue weighted by molar-refractivity contribution is 6.02. The van der Waals surface area contributed by atoms with Crippen LogP contribution in [0.2, 0.25) is 0 Å². The molecule has 1 unspecified atom stereocenters. The van der Waals surface area contributed by atoms with E-state index in [2.05, 4.69) is 22.2 Å². The second-order valence-corrected chi connectivity index (χ2v) is 9.33. The van der Waals surface area contributed by atoms with Gasteiger partial charge in [-0.05, 0) is 6.42 Å². The van der Waals surface area contributed by atoms with Crippen LogP contribution >= 0.6 is 0 Å². The number of carbonyl (C=O) groups is 3. The van der Waals surface area contributed by atoms with Gasteiger partial charge in [-0.25, -0.2) is 9.78 Å². The summed E-state index contributed by atoms with van der Waals surface area (Å²) in [5.41, 5.74) is 6.00. The van der Waals surface area contributed by atoms with E-state index in [4.69, 9.17) is 15.6 Å². The summed E-state index contributed by atoms with van der Waals surface area (Å²) in [7, 11) is 0. The van der Waals surface area contributed by atoms with Crippen LogP contribution in [0.15, 0.2) is 12.5 Å². The van der Waals surface area contributed by atoms with Crippen molar-refractivity contribution in [1.82, 2.24) is 15.3 Å². The van der Waals surface area contributed by atoms with Gasteiger partial charge in [-0.15, -0.1) is 0 Å². The molecule has 200 valence electrons. The van der Waals surface area contributed by atoms with Gasteiger partial charge in [0.2, 0.25) is 0 Å². The summed E-state index contributed by atoms with van der Waals surface area (Å²) in [6.07, 6.45) is 21.8. The number of aromatic nitrogens is 2. The number of Topliss-reactive ketones (excluding diaryl/α,β-unsaturated/α-hetero) is 1. The molecule has 0 saturated heterocycles. The predicted octanol–water partition coefficient (Wildman–Crippen LogP) is 4.90. The van der Waals surface area contributed by atoms with Gasteiger partial charge in [-0.1, -0.05) is 90.4 Å². The Kier molecular flexibility index (Phi) is 17.4. The maximum absolute atomic E-state index is 11.3. The first-order valence-electron chi connectivity index (χ1n) is 13.4. The summed E-state index contributed by atoms with van der Waals surface area (Å²) in [5, 5.41) is 11.0. The number of alkyl carbamates (subject to hydrolysis) is 1. The number of carbonyl (C=O) groups excluding carboxylic acids is 2. The van der Waals surface area contributed by atoms with E-state index in [-0.39, 0.29) is 18.2 Å². The van der Waals surface area contributed by atoms with Gasteiger partial charge in [0.15, 0.2) is 5.78 Å². The number of hydrogen-bond acceptors (Lipinski definition) is 6. The molecular weight excluding hydrogens is 448 g/mol. The Hall–Kier alpha value is -2.42. The topological polar surface area (TPSA) is 147 Å². The minimum atomic E-state index is -1.00. The van der Waals surface area contributed by atoms with Crippen LogP contribution in [0.4, 0.5) is 4.79 Å². The molecule has 35 heavy (non-hydrogen) atoms. The van der Waals surface area contributed by atoms with Gasteiger partial charge in [-0.2, -0.15) is 0 Å². The Morgan fingerprint density at radius 2 is 1.57 bits per heavy atom. The van der Waals surface area contributed by atoms with Crippen molar-refractivity contribution in [3.8, 4) is 0 Å². The molecule has 0 bridgehead atoms. The number of nitrogens with two attached hydrogens (primary N) is 1. The molecule has 5 N–H and O–H groups in total.